The van der Waals surface area contributed by atoms with Gasteiger partial charge in [0.1, 0.15) is 5.49 Å². The fraction of sp³-hybridized carbons (Fsp3) is 0.125. The molecule has 0 aliphatic rings. The fourth-order valence-electron chi connectivity index (χ4n) is 3.51. The number of pyridine rings is 2. The highest BCUT2D eigenvalue weighted by Crippen LogP contribution is 2.25. The van der Waals surface area contributed by atoms with Crippen LogP contribution in [0, 0.1) is 12.3 Å². The Hall–Kier alpha value is -3.94. The van der Waals surface area contributed by atoms with E-state index in [-0.39, 0.29) is 16.8 Å². The van der Waals surface area contributed by atoms with Crippen molar-refractivity contribution in [3.05, 3.63) is 99.4 Å². The average Bonchev–Trinajstić information content (AvgIpc) is 2.76. The van der Waals surface area contributed by atoms with Gasteiger partial charge in [0.2, 0.25) is 0 Å². The number of aromatic amines is 2. The van der Waals surface area contributed by atoms with E-state index in [0.29, 0.717) is 38.8 Å². The van der Waals surface area contributed by atoms with Gasteiger partial charge in [0.15, 0.2) is 11.3 Å². The van der Waals surface area contributed by atoms with E-state index in [9.17, 15) is 18.0 Å². The number of halogens is 3. The normalized spacial score (nSPS) is 12.3. The number of hydrogen-bond donors (Lipinski definition) is 3. The Balaban J connectivity index is 1.64. The second kappa shape index (κ2) is 8.30. The highest BCUT2D eigenvalue weighted by Gasteiger charge is 2.27. The van der Waals surface area contributed by atoms with Crippen molar-refractivity contribution in [3.63, 3.8) is 0 Å². The van der Waals surface area contributed by atoms with Crippen molar-refractivity contribution in [2.75, 3.05) is 0 Å². The third-order valence-electron chi connectivity index (χ3n) is 5.08. The molecule has 2 heterocycles. The lowest BCUT2D eigenvalue weighted by Crippen LogP contribution is -2.17. The summed E-state index contributed by atoms with van der Waals surface area (Å²) in [7, 11) is 0. The summed E-state index contributed by atoms with van der Waals surface area (Å²) in [5.74, 6) is -0.110. The molecule has 4 aromatic rings. The van der Waals surface area contributed by atoms with Crippen LogP contribution in [0.3, 0.4) is 0 Å². The molecule has 0 aliphatic carbocycles. The molecular weight excluding hydrogens is 417 g/mol. The summed E-state index contributed by atoms with van der Waals surface area (Å²) in [6, 6.07) is 16.7. The first-order chi connectivity index (χ1) is 15.2. The number of H-pyrrole nitrogens is 2. The zero-order chi connectivity index (χ0) is 22.9. The first-order valence-electron chi connectivity index (χ1n) is 9.81. The smallest absolute Gasteiger partial charge is 0.352 e. The Kier molecular flexibility index (Phi) is 5.52. The summed E-state index contributed by atoms with van der Waals surface area (Å²) in [6.45, 7) is 1.64. The van der Waals surface area contributed by atoms with Gasteiger partial charge in [0, 0.05) is 22.7 Å². The van der Waals surface area contributed by atoms with Crippen molar-refractivity contribution < 1.29 is 13.2 Å². The Labute approximate surface area is 180 Å². The molecule has 0 fully saturated rings. The molecule has 0 saturated carbocycles. The highest BCUT2D eigenvalue weighted by atomic mass is 19.4. The van der Waals surface area contributed by atoms with Crippen molar-refractivity contribution in [2.45, 2.75) is 19.5 Å². The van der Waals surface area contributed by atoms with E-state index in [4.69, 9.17) is 5.41 Å². The predicted molar refractivity (Wildman–Crippen MR) is 118 cm³/mol. The number of benzene rings is 2. The molecule has 0 spiro atoms. The second-order valence-electron chi connectivity index (χ2n) is 7.42. The van der Waals surface area contributed by atoms with Gasteiger partial charge in [0.05, 0.1) is 12.1 Å². The topological polar surface area (TPSA) is 84.9 Å². The lowest BCUT2D eigenvalue weighted by Gasteiger charge is -2.08. The third-order valence-corrected chi connectivity index (χ3v) is 5.08. The number of rotatable bonds is 3. The van der Waals surface area contributed by atoms with Crippen LogP contribution in [-0.4, -0.2) is 22.0 Å². The number of para-hydroxylation sites is 1. The molecule has 0 atom stereocenters. The zero-order valence-electron chi connectivity index (χ0n) is 17.0. The molecule has 2 aromatic heterocycles. The fourth-order valence-corrected chi connectivity index (χ4v) is 3.51. The molecule has 0 bridgehead atoms. The molecule has 0 amide bonds. The van der Waals surface area contributed by atoms with Crippen LogP contribution in [-0.2, 0) is 6.42 Å². The maximum atomic E-state index is 12.7. The predicted octanol–water partition coefficient (Wildman–Crippen LogP) is 4.86. The van der Waals surface area contributed by atoms with E-state index in [2.05, 4.69) is 15.0 Å². The molecule has 8 heteroatoms. The monoisotopic (exact) mass is 436 g/mol. The van der Waals surface area contributed by atoms with Crippen LogP contribution in [0.25, 0.3) is 22.0 Å². The van der Waals surface area contributed by atoms with E-state index in [1.54, 1.807) is 61.7 Å². The van der Waals surface area contributed by atoms with Gasteiger partial charge >= 0.3 is 6.18 Å². The molecule has 4 rings (SSSR count). The average molecular weight is 436 g/mol. The van der Waals surface area contributed by atoms with Gasteiger partial charge in [-0.1, -0.05) is 36.4 Å². The molecule has 0 saturated heterocycles. The first kappa shape index (κ1) is 21.3. The number of amidine groups is 1. The maximum absolute atomic E-state index is 12.7. The van der Waals surface area contributed by atoms with Crippen LogP contribution < -0.4 is 10.9 Å². The number of alkyl halides is 3. The van der Waals surface area contributed by atoms with Crippen LogP contribution >= 0.6 is 0 Å². The Bertz CT molecular complexity index is 1430. The Morgan fingerprint density at radius 1 is 1.03 bits per heavy atom. The van der Waals surface area contributed by atoms with Gasteiger partial charge in [0.25, 0.3) is 0 Å². The minimum atomic E-state index is -4.27. The largest absolute Gasteiger partial charge is 0.393 e. The van der Waals surface area contributed by atoms with Gasteiger partial charge in [-0.15, -0.1) is 0 Å². The van der Waals surface area contributed by atoms with Gasteiger partial charge in [-0.2, -0.15) is 13.2 Å². The quantitative estimate of drug-likeness (QED) is 0.311. The molecular formula is C24H19F3N4O. The molecule has 32 heavy (non-hydrogen) atoms. The lowest BCUT2D eigenvalue weighted by molar-refractivity contribution is -0.127. The van der Waals surface area contributed by atoms with Crippen molar-refractivity contribution >= 4 is 16.7 Å². The van der Waals surface area contributed by atoms with E-state index in [0.717, 1.165) is 0 Å². The van der Waals surface area contributed by atoms with Crippen molar-refractivity contribution in [2.24, 2.45) is 4.99 Å². The summed E-state index contributed by atoms with van der Waals surface area (Å²) in [6.07, 6.45) is -3.64. The minimum Gasteiger partial charge on any atom is -0.352 e. The first-order valence-corrected chi connectivity index (χ1v) is 9.81. The second-order valence-corrected chi connectivity index (χ2v) is 7.42. The van der Waals surface area contributed by atoms with E-state index in [1.165, 1.54) is 12.1 Å². The van der Waals surface area contributed by atoms with Gasteiger partial charge in [-0.05, 0) is 47.9 Å². The summed E-state index contributed by atoms with van der Waals surface area (Å²) >= 11 is 0. The molecule has 5 nitrogen and oxygen atoms in total. The van der Waals surface area contributed by atoms with E-state index < -0.39 is 12.6 Å². The van der Waals surface area contributed by atoms with Crippen LogP contribution in [0.5, 0.6) is 0 Å². The van der Waals surface area contributed by atoms with Crippen LogP contribution in [0.2, 0.25) is 0 Å². The number of nitrogens with zero attached hydrogens (tertiary/aromatic N) is 1. The summed E-state index contributed by atoms with van der Waals surface area (Å²) in [5.41, 5.74) is 3.07. The zero-order valence-corrected chi connectivity index (χ0v) is 17.0. The molecule has 3 N–H and O–H groups in total. The highest BCUT2D eigenvalue weighted by molar-refractivity contribution is 5.98. The van der Waals surface area contributed by atoms with Gasteiger partial charge in [-0.25, -0.2) is 4.99 Å². The summed E-state index contributed by atoms with van der Waals surface area (Å²) in [5, 5.41) is 8.89. The van der Waals surface area contributed by atoms with Crippen LogP contribution in [0.4, 0.5) is 13.2 Å². The Morgan fingerprint density at radius 3 is 2.53 bits per heavy atom. The number of nitrogens with one attached hydrogen (secondary N) is 3. The summed E-state index contributed by atoms with van der Waals surface area (Å²) < 4.78 is 38.0. The third kappa shape index (κ3) is 4.54. The number of aromatic nitrogens is 2. The number of hydrogen-bond acceptors (Lipinski definition) is 2. The minimum absolute atomic E-state index is 0.110. The Morgan fingerprint density at radius 2 is 1.81 bits per heavy atom. The maximum Gasteiger partial charge on any atom is 0.393 e. The van der Waals surface area contributed by atoms with Crippen molar-refractivity contribution in [3.8, 4) is 11.1 Å². The standard InChI is InChI=1S/C24H19F3N4O/c1-14-21(30-19-8-3-2-7-18(19)22(14)32)23(28)31-20-10-9-17(13-29-20)16-6-4-5-15(11-16)12-24(25,26)27/h2-11,13H,12H2,1H3,(H,30,32)(H2,28,29,31). The molecule has 0 aliphatic heterocycles. The molecule has 2 aromatic carbocycles. The van der Waals surface area contributed by atoms with Gasteiger partial charge in [-0.3, -0.25) is 10.2 Å². The molecule has 0 radical (unpaired) electrons. The van der Waals surface area contributed by atoms with E-state index in [1.807, 2.05) is 0 Å². The van der Waals surface area contributed by atoms with Gasteiger partial charge < -0.3 is 9.97 Å². The SMILES string of the molecule is Cc1c(C(=N)/N=c2/ccc(-c3cccc(CC(F)(F)F)c3)c[nH]2)[nH]c2ccccc2c1=O. The van der Waals surface area contributed by atoms with Crippen molar-refractivity contribution in [1.82, 2.24) is 9.97 Å². The molecule has 0 unspecified atom stereocenters. The van der Waals surface area contributed by atoms with Crippen molar-refractivity contribution in [1.29, 1.82) is 5.41 Å². The summed E-state index contributed by atoms with van der Waals surface area (Å²) in [4.78, 5) is 22.9. The number of fused-ring (bicyclic) bond motifs is 1. The molecule has 162 valence electrons. The lowest BCUT2D eigenvalue weighted by atomic mass is 10.0. The van der Waals surface area contributed by atoms with Crippen LogP contribution in [0.15, 0.2) is 76.6 Å². The van der Waals surface area contributed by atoms with E-state index >= 15 is 0 Å². The van der Waals surface area contributed by atoms with Crippen LogP contribution in [0.1, 0.15) is 16.8 Å².